The van der Waals surface area contributed by atoms with Crippen molar-refractivity contribution in [3.8, 4) is 0 Å². The number of hydrogen-bond donors (Lipinski definition) is 3. The van der Waals surface area contributed by atoms with Crippen LogP contribution >= 0.6 is 0 Å². The fourth-order valence-electron chi connectivity index (χ4n) is 3.64. The first-order valence-corrected chi connectivity index (χ1v) is 8.24. The molecule has 1 aliphatic rings. The van der Waals surface area contributed by atoms with Crippen LogP contribution in [-0.2, 0) is 6.54 Å². The summed E-state index contributed by atoms with van der Waals surface area (Å²) in [6, 6.07) is 7.74. The molecule has 4 rings (SSSR count). The smallest absolute Gasteiger partial charge is 0.134 e. The Labute approximate surface area is 140 Å². The minimum absolute atomic E-state index is 0.00180. The van der Waals surface area contributed by atoms with E-state index in [1.54, 1.807) is 12.4 Å². The molecule has 1 unspecified atom stereocenters. The number of imidazole rings is 1. The van der Waals surface area contributed by atoms with Crippen LogP contribution in [0.3, 0.4) is 0 Å². The van der Waals surface area contributed by atoms with E-state index in [-0.39, 0.29) is 12.1 Å². The van der Waals surface area contributed by atoms with Gasteiger partial charge in [-0.1, -0.05) is 12.1 Å². The van der Waals surface area contributed by atoms with Crippen LogP contribution in [0, 0.1) is 5.92 Å². The first-order chi connectivity index (χ1) is 11.7. The van der Waals surface area contributed by atoms with E-state index in [2.05, 4.69) is 19.9 Å². The number of hydrogen-bond acceptors (Lipinski definition) is 5. The summed E-state index contributed by atoms with van der Waals surface area (Å²) < 4.78 is 2.07. The Morgan fingerprint density at radius 3 is 2.96 bits per heavy atom. The Balaban J connectivity index is 1.52. The van der Waals surface area contributed by atoms with Gasteiger partial charge in [-0.25, -0.2) is 9.97 Å². The summed E-state index contributed by atoms with van der Waals surface area (Å²) in [6.45, 7) is 0.880. The van der Waals surface area contributed by atoms with Gasteiger partial charge in [0.2, 0.25) is 0 Å². The SMILES string of the molecule is Nc1cccc2c(N[C@@H]3CC(Cn4ccnc4)C[C@H]3O)nccc12. The topological polar surface area (TPSA) is 89.0 Å². The monoisotopic (exact) mass is 323 g/mol. The molecule has 1 aromatic carbocycles. The van der Waals surface area contributed by atoms with Crippen molar-refractivity contribution in [1.82, 2.24) is 14.5 Å². The van der Waals surface area contributed by atoms with Crippen molar-refractivity contribution in [2.45, 2.75) is 31.5 Å². The van der Waals surface area contributed by atoms with Crippen LogP contribution in [0.25, 0.3) is 10.8 Å². The molecule has 0 radical (unpaired) electrons. The molecule has 2 heterocycles. The maximum absolute atomic E-state index is 10.4. The van der Waals surface area contributed by atoms with Gasteiger partial charge in [0.1, 0.15) is 5.82 Å². The lowest BCUT2D eigenvalue weighted by Crippen LogP contribution is -2.28. The molecule has 1 saturated carbocycles. The number of nitrogens with zero attached hydrogens (tertiary/aromatic N) is 3. The van der Waals surface area contributed by atoms with Gasteiger partial charge in [0, 0.05) is 41.6 Å². The van der Waals surface area contributed by atoms with Crippen molar-refractivity contribution in [1.29, 1.82) is 0 Å². The second-order valence-corrected chi connectivity index (χ2v) is 6.52. The van der Waals surface area contributed by atoms with Crippen molar-refractivity contribution < 1.29 is 5.11 Å². The fraction of sp³-hybridized carbons (Fsp3) is 0.333. The fourth-order valence-corrected chi connectivity index (χ4v) is 3.64. The van der Waals surface area contributed by atoms with Gasteiger partial charge in [-0.2, -0.15) is 0 Å². The maximum Gasteiger partial charge on any atom is 0.134 e. The van der Waals surface area contributed by atoms with Crippen LogP contribution in [0.1, 0.15) is 12.8 Å². The van der Waals surface area contributed by atoms with Crippen LogP contribution in [0.5, 0.6) is 0 Å². The second kappa shape index (κ2) is 6.13. The van der Waals surface area contributed by atoms with Gasteiger partial charge in [-0.15, -0.1) is 0 Å². The van der Waals surface area contributed by atoms with Crippen LogP contribution in [0.2, 0.25) is 0 Å². The number of benzene rings is 1. The normalized spacial score (nSPS) is 23.6. The van der Waals surface area contributed by atoms with E-state index in [1.165, 1.54) is 0 Å². The van der Waals surface area contributed by atoms with E-state index in [0.717, 1.165) is 41.7 Å². The molecule has 3 aromatic rings. The van der Waals surface area contributed by atoms with Crippen molar-refractivity contribution in [2.75, 3.05) is 11.1 Å². The van der Waals surface area contributed by atoms with Crippen LogP contribution in [0.15, 0.2) is 49.2 Å². The van der Waals surface area contributed by atoms with E-state index >= 15 is 0 Å². The Bertz CT molecular complexity index is 833. The number of nitrogens with two attached hydrogens (primary N) is 1. The standard InChI is InChI=1S/C18H21N5O/c19-15-3-1-2-14-13(15)4-5-21-18(14)22-16-8-12(9-17(16)24)10-23-7-6-20-11-23/h1-7,11-12,16-17,24H,8-10,19H2,(H,21,22)/t12?,16-,17-/m1/s1. The first-order valence-electron chi connectivity index (χ1n) is 8.24. The Morgan fingerprint density at radius 1 is 1.21 bits per heavy atom. The molecule has 3 atom stereocenters. The zero-order valence-corrected chi connectivity index (χ0v) is 13.3. The van der Waals surface area contributed by atoms with Gasteiger partial charge in [-0.3, -0.25) is 0 Å². The summed E-state index contributed by atoms with van der Waals surface area (Å²) in [4.78, 5) is 8.53. The molecule has 6 heteroatoms. The lowest BCUT2D eigenvalue weighted by molar-refractivity contribution is 0.166. The third-order valence-electron chi connectivity index (χ3n) is 4.82. The quantitative estimate of drug-likeness (QED) is 0.641. The van der Waals surface area contributed by atoms with Crippen molar-refractivity contribution in [3.63, 3.8) is 0 Å². The van der Waals surface area contributed by atoms with Crippen LogP contribution in [0.4, 0.5) is 11.5 Å². The van der Waals surface area contributed by atoms with Crippen molar-refractivity contribution >= 4 is 22.3 Å². The van der Waals surface area contributed by atoms with Crippen LogP contribution in [-0.4, -0.2) is 31.8 Å². The molecular formula is C18H21N5O. The maximum atomic E-state index is 10.4. The molecule has 4 N–H and O–H groups in total. The number of aromatic nitrogens is 3. The third kappa shape index (κ3) is 2.80. The minimum atomic E-state index is -0.378. The second-order valence-electron chi connectivity index (χ2n) is 6.52. The Kier molecular flexibility index (Phi) is 3.82. The van der Waals surface area contributed by atoms with Gasteiger partial charge in [0.25, 0.3) is 0 Å². The number of nitrogens with one attached hydrogen (secondary N) is 1. The molecule has 0 saturated heterocycles. The molecule has 0 aliphatic heterocycles. The summed E-state index contributed by atoms with van der Waals surface area (Å²) in [6.07, 6.45) is 8.63. The number of anilines is 2. The van der Waals surface area contributed by atoms with Crippen molar-refractivity contribution in [2.24, 2.45) is 5.92 Å². The lowest BCUT2D eigenvalue weighted by atomic mass is 10.1. The molecular weight excluding hydrogens is 302 g/mol. The van der Waals surface area contributed by atoms with Gasteiger partial charge in [0.15, 0.2) is 0 Å². The van der Waals surface area contributed by atoms with E-state index in [0.29, 0.717) is 5.92 Å². The van der Waals surface area contributed by atoms with Gasteiger partial charge in [-0.05, 0) is 30.9 Å². The molecule has 0 bridgehead atoms. The number of aliphatic hydroxyl groups excluding tert-OH is 1. The first kappa shape index (κ1) is 15.0. The molecule has 2 aromatic heterocycles. The largest absolute Gasteiger partial charge is 0.398 e. The molecule has 124 valence electrons. The highest BCUT2D eigenvalue weighted by molar-refractivity contribution is 5.99. The molecule has 24 heavy (non-hydrogen) atoms. The van der Waals surface area contributed by atoms with E-state index in [4.69, 9.17) is 5.73 Å². The zero-order valence-electron chi connectivity index (χ0n) is 13.3. The van der Waals surface area contributed by atoms with Crippen molar-refractivity contribution in [3.05, 3.63) is 49.2 Å². The minimum Gasteiger partial charge on any atom is -0.398 e. The Morgan fingerprint density at radius 2 is 2.12 bits per heavy atom. The summed E-state index contributed by atoms with van der Waals surface area (Å²) >= 11 is 0. The highest BCUT2D eigenvalue weighted by atomic mass is 16.3. The van der Waals surface area contributed by atoms with E-state index < -0.39 is 0 Å². The predicted molar refractivity (Wildman–Crippen MR) is 94.5 cm³/mol. The average Bonchev–Trinajstić information content (AvgIpc) is 3.19. The molecule has 0 spiro atoms. The Hall–Kier alpha value is -2.60. The number of nitrogen functional groups attached to an aromatic ring is 1. The molecule has 6 nitrogen and oxygen atoms in total. The van der Waals surface area contributed by atoms with E-state index in [9.17, 15) is 5.11 Å². The summed E-state index contributed by atoms with van der Waals surface area (Å²) in [5, 5.41) is 15.8. The highest BCUT2D eigenvalue weighted by Gasteiger charge is 2.33. The summed E-state index contributed by atoms with van der Waals surface area (Å²) in [5.74, 6) is 1.21. The van der Waals surface area contributed by atoms with Gasteiger partial charge in [0.05, 0.1) is 18.5 Å². The highest BCUT2D eigenvalue weighted by Crippen LogP contribution is 2.32. The molecule has 1 aliphatic carbocycles. The average molecular weight is 323 g/mol. The zero-order chi connectivity index (χ0) is 16.5. The summed E-state index contributed by atoms with van der Waals surface area (Å²) in [7, 11) is 0. The number of fused-ring (bicyclic) bond motifs is 1. The third-order valence-corrected chi connectivity index (χ3v) is 4.82. The predicted octanol–water partition coefficient (Wildman–Crippen LogP) is 2.27. The molecule has 1 fully saturated rings. The summed E-state index contributed by atoms with van der Waals surface area (Å²) in [5.41, 5.74) is 6.78. The van der Waals surface area contributed by atoms with Gasteiger partial charge < -0.3 is 20.7 Å². The number of pyridine rings is 1. The lowest BCUT2D eigenvalue weighted by Gasteiger charge is -2.18. The molecule has 0 amide bonds. The number of rotatable bonds is 4. The van der Waals surface area contributed by atoms with E-state index in [1.807, 2.05) is 36.8 Å². The van der Waals surface area contributed by atoms with Gasteiger partial charge >= 0.3 is 0 Å². The van der Waals surface area contributed by atoms with Crippen LogP contribution < -0.4 is 11.1 Å². The number of aliphatic hydroxyl groups is 1.